The second kappa shape index (κ2) is 4.58. The predicted molar refractivity (Wildman–Crippen MR) is 75.7 cm³/mol. The van der Waals surface area contributed by atoms with Crippen molar-refractivity contribution < 1.29 is 0 Å². The van der Waals surface area contributed by atoms with Gasteiger partial charge in [-0.05, 0) is 24.6 Å². The van der Waals surface area contributed by atoms with E-state index in [1.165, 1.54) is 4.68 Å². The minimum absolute atomic E-state index is 0.175. The molecule has 1 aliphatic rings. The van der Waals surface area contributed by atoms with E-state index in [2.05, 4.69) is 5.10 Å². The topological polar surface area (TPSA) is 43.1 Å². The van der Waals surface area contributed by atoms with Gasteiger partial charge in [0.15, 0.2) is 0 Å². The van der Waals surface area contributed by atoms with Crippen molar-refractivity contribution in [3.05, 3.63) is 38.7 Å². The molecule has 0 bridgehead atoms. The molecule has 0 saturated carbocycles. The molecule has 0 saturated heterocycles. The van der Waals surface area contributed by atoms with E-state index in [9.17, 15) is 4.79 Å². The summed E-state index contributed by atoms with van der Waals surface area (Å²) in [5.74, 6) is 0.669. The van der Waals surface area contributed by atoms with E-state index in [4.69, 9.17) is 23.2 Å². The molecule has 100 valence electrons. The normalized spacial score (nSPS) is 14.6. The SMILES string of the molecule is CN1CCCn2c1nn(-c1ccc(Cl)cc1Cl)c2=O. The van der Waals surface area contributed by atoms with Crippen LogP contribution in [0.3, 0.4) is 0 Å². The summed E-state index contributed by atoms with van der Waals surface area (Å²) in [6, 6.07) is 5.00. The van der Waals surface area contributed by atoms with Gasteiger partial charge in [0.25, 0.3) is 0 Å². The van der Waals surface area contributed by atoms with Crippen molar-refractivity contribution in [2.24, 2.45) is 0 Å². The summed E-state index contributed by atoms with van der Waals surface area (Å²) in [6.45, 7) is 1.58. The van der Waals surface area contributed by atoms with Crippen LogP contribution < -0.4 is 10.6 Å². The summed E-state index contributed by atoms with van der Waals surface area (Å²) in [6.07, 6.45) is 0.934. The molecule has 0 aliphatic carbocycles. The van der Waals surface area contributed by atoms with Gasteiger partial charge in [0.2, 0.25) is 5.95 Å². The fourth-order valence-electron chi connectivity index (χ4n) is 2.24. The van der Waals surface area contributed by atoms with Crippen molar-refractivity contribution in [3.8, 4) is 5.69 Å². The third-order valence-electron chi connectivity index (χ3n) is 3.20. The van der Waals surface area contributed by atoms with Crippen molar-refractivity contribution in [1.82, 2.24) is 14.3 Å². The van der Waals surface area contributed by atoms with Crippen molar-refractivity contribution in [3.63, 3.8) is 0 Å². The van der Waals surface area contributed by atoms with E-state index in [1.54, 1.807) is 22.8 Å². The minimum atomic E-state index is -0.175. The molecule has 0 N–H and O–H groups in total. The molecule has 7 heteroatoms. The third-order valence-corrected chi connectivity index (χ3v) is 3.74. The molecule has 1 aromatic heterocycles. The van der Waals surface area contributed by atoms with Gasteiger partial charge in [0.05, 0.1) is 10.7 Å². The molecular formula is C12H12Cl2N4O. The lowest BCUT2D eigenvalue weighted by Gasteiger charge is -2.22. The zero-order valence-corrected chi connectivity index (χ0v) is 11.8. The van der Waals surface area contributed by atoms with Gasteiger partial charge in [-0.3, -0.25) is 4.57 Å². The summed E-state index contributed by atoms with van der Waals surface area (Å²) in [5.41, 5.74) is 0.372. The Kier molecular flexibility index (Phi) is 3.03. The van der Waals surface area contributed by atoms with Gasteiger partial charge in [-0.1, -0.05) is 23.2 Å². The van der Waals surface area contributed by atoms with Crippen LogP contribution in [0.25, 0.3) is 5.69 Å². The highest BCUT2D eigenvalue weighted by molar-refractivity contribution is 6.35. The van der Waals surface area contributed by atoms with E-state index in [-0.39, 0.29) is 5.69 Å². The molecule has 0 atom stereocenters. The van der Waals surface area contributed by atoms with Gasteiger partial charge in [-0.25, -0.2) is 4.79 Å². The third kappa shape index (κ3) is 2.03. The first-order valence-electron chi connectivity index (χ1n) is 5.94. The summed E-state index contributed by atoms with van der Waals surface area (Å²) < 4.78 is 2.99. The Morgan fingerprint density at radius 3 is 2.74 bits per heavy atom. The van der Waals surface area contributed by atoms with Crippen molar-refractivity contribution in [2.45, 2.75) is 13.0 Å². The quantitative estimate of drug-likeness (QED) is 0.810. The van der Waals surface area contributed by atoms with Crippen LogP contribution >= 0.6 is 23.2 Å². The second-order valence-electron chi connectivity index (χ2n) is 4.52. The molecule has 2 aromatic rings. The number of hydrogen-bond acceptors (Lipinski definition) is 3. The van der Waals surface area contributed by atoms with E-state index in [0.717, 1.165) is 13.0 Å². The maximum atomic E-state index is 12.3. The second-order valence-corrected chi connectivity index (χ2v) is 5.36. The summed E-state index contributed by atoms with van der Waals surface area (Å²) in [5, 5.41) is 5.30. The van der Waals surface area contributed by atoms with E-state index < -0.39 is 0 Å². The monoisotopic (exact) mass is 298 g/mol. The molecule has 5 nitrogen and oxygen atoms in total. The van der Waals surface area contributed by atoms with Crippen LogP contribution in [0.15, 0.2) is 23.0 Å². The molecule has 2 heterocycles. The average molecular weight is 299 g/mol. The van der Waals surface area contributed by atoms with Crippen LogP contribution in [-0.2, 0) is 6.54 Å². The van der Waals surface area contributed by atoms with E-state index in [0.29, 0.717) is 28.2 Å². The predicted octanol–water partition coefficient (Wildman–Crippen LogP) is 2.18. The maximum absolute atomic E-state index is 12.3. The first-order chi connectivity index (χ1) is 9.08. The zero-order chi connectivity index (χ0) is 13.6. The Morgan fingerprint density at radius 2 is 2.05 bits per heavy atom. The highest BCUT2D eigenvalue weighted by Gasteiger charge is 2.22. The van der Waals surface area contributed by atoms with Gasteiger partial charge < -0.3 is 4.90 Å². The van der Waals surface area contributed by atoms with Gasteiger partial charge >= 0.3 is 5.69 Å². The highest BCUT2D eigenvalue weighted by atomic mass is 35.5. The summed E-state index contributed by atoms with van der Waals surface area (Å²) in [4.78, 5) is 14.3. The van der Waals surface area contributed by atoms with Crippen molar-refractivity contribution >= 4 is 29.2 Å². The Labute approximate surface area is 120 Å². The Morgan fingerprint density at radius 1 is 1.26 bits per heavy atom. The standard InChI is InChI=1S/C12H12Cl2N4O/c1-16-5-2-6-17-11(16)15-18(12(17)19)10-4-3-8(13)7-9(10)14/h3-4,7H,2,5-6H2,1H3. The van der Waals surface area contributed by atoms with Crippen molar-refractivity contribution in [1.29, 1.82) is 0 Å². The summed E-state index contributed by atoms with van der Waals surface area (Å²) in [7, 11) is 1.92. The van der Waals surface area contributed by atoms with Crippen LogP contribution in [-0.4, -0.2) is 27.9 Å². The lowest BCUT2D eigenvalue weighted by molar-refractivity contribution is 0.565. The molecule has 3 rings (SSSR count). The smallest absolute Gasteiger partial charge is 0.344 e. The van der Waals surface area contributed by atoms with Gasteiger partial charge in [0, 0.05) is 25.2 Å². The van der Waals surface area contributed by atoms with E-state index >= 15 is 0 Å². The molecule has 0 radical (unpaired) electrons. The number of aromatic nitrogens is 3. The molecule has 19 heavy (non-hydrogen) atoms. The lowest BCUT2D eigenvalue weighted by atomic mass is 10.3. The molecule has 0 unspecified atom stereocenters. The van der Waals surface area contributed by atoms with E-state index in [1.807, 2.05) is 11.9 Å². The molecule has 0 fully saturated rings. The number of hydrogen-bond donors (Lipinski definition) is 0. The fraction of sp³-hybridized carbons (Fsp3) is 0.333. The largest absolute Gasteiger partial charge is 0.352 e. The van der Waals surface area contributed by atoms with Crippen LogP contribution in [0.2, 0.25) is 10.0 Å². The Balaban J connectivity index is 2.19. The van der Waals surface area contributed by atoms with Crippen LogP contribution in [0, 0.1) is 0 Å². The average Bonchev–Trinajstić information content (AvgIpc) is 2.69. The first kappa shape index (κ1) is 12.6. The van der Waals surface area contributed by atoms with Crippen LogP contribution in [0.1, 0.15) is 6.42 Å². The van der Waals surface area contributed by atoms with Gasteiger partial charge in [0.1, 0.15) is 0 Å². The maximum Gasteiger partial charge on any atom is 0.352 e. The molecule has 0 amide bonds. The Bertz CT molecular complexity index is 692. The number of anilines is 1. The Hall–Kier alpha value is -1.46. The van der Waals surface area contributed by atoms with Gasteiger partial charge in [-0.2, -0.15) is 4.68 Å². The molecule has 1 aliphatic heterocycles. The van der Waals surface area contributed by atoms with Crippen molar-refractivity contribution in [2.75, 3.05) is 18.5 Å². The van der Waals surface area contributed by atoms with Crippen LogP contribution in [0.4, 0.5) is 5.95 Å². The van der Waals surface area contributed by atoms with Gasteiger partial charge in [-0.15, -0.1) is 5.10 Å². The number of nitrogens with zero attached hydrogens (tertiary/aromatic N) is 4. The van der Waals surface area contributed by atoms with Crippen LogP contribution in [0.5, 0.6) is 0 Å². The first-order valence-corrected chi connectivity index (χ1v) is 6.70. The summed E-state index contributed by atoms with van der Waals surface area (Å²) >= 11 is 12.0. The zero-order valence-electron chi connectivity index (χ0n) is 10.3. The number of fused-ring (bicyclic) bond motifs is 1. The molecule has 1 aromatic carbocycles. The molecular weight excluding hydrogens is 287 g/mol. The number of rotatable bonds is 1. The number of halogens is 2. The lowest BCUT2D eigenvalue weighted by Crippen LogP contribution is -2.33. The fourth-order valence-corrected chi connectivity index (χ4v) is 2.73. The molecule has 0 spiro atoms. The minimum Gasteiger partial charge on any atom is -0.344 e. The highest BCUT2D eigenvalue weighted by Crippen LogP contribution is 2.24. The number of benzene rings is 1.